The van der Waals surface area contributed by atoms with Crippen LogP contribution in [-0.4, -0.2) is 12.5 Å². The van der Waals surface area contributed by atoms with Gasteiger partial charge in [-0.25, -0.2) is 0 Å². The van der Waals surface area contributed by atoms with Gasteiger partial charge in [0.1, 0.15) is 0 Å². The number of hydrogen-bond acceptors (Lipinski definition) is 2. The number of benzene rings is 1. The quantitative estimate of drug-likeness (QED) is 0.708. The van der Waals surface area contributed by atoms with Crippen LogP contribution in [0.15, 0.2) is 24.3 Å². The van der Waals surface area contributed by atoms with Crippen molar-refractivity contribution in [1.29, 1.82) is 0 Å². The summed E-state index contributed by atoms with van der Waals surface area (Å²) in [6, 6.07) is 7.14. The summed E-state index contributed by atoms with van der Waals surface area (Å²) in [6.07, 6.45) is 2.48. The van der Waals surface area contributed by atoms with Crippen molar-refractivity contribution in [2.75, 3.05) is 12.3 Å². The van der Waals surface area contributed by atoms with Gasteiger partial charge >= 0.3 is 0 Å². The third-order valence-corrected chi connectivity index (χ3v) is 2.45. The van der Waals surface area contributed by atoms with Crippen molar-refractivity contribution in [2.24, 2.45) is 5.92 Å². The predicted molar refractivity (Wildman–Crippen MR) is 55.9 cm³/mol. The molecule has 0 radical (unpaired) electrons. The predicted octanol–water partition coefficient (Wildman–Crippen LogP) is 1.41. The van der Waals surface area contributed by atoms with Crippen LogP contribution in [0.5, 0.6) is 0 Å². The highest BCUT2D eigenvalue weighted by molar-refractivity contribution is 5.99. The van der Waals surface area contributed by atoms with Crippen LogP contribution in [0.25, 0.3) is 0 Å². The van der Waals surface area contributed by atoms with Crippen molar-refractivity contribution in [2.45, 2.75) is 12.8 Å². The first-order valence-corrected chi connectivity index (χ1v) is 4.90. The molecule has 14 heavy (non-hydrogen) atoms. The fourth-order valence-electron chi connectivity index (χ4n) is 1.36. The molecule has 0 atom stereocenters. The van der Waals surface area contributed by atoms with Gasteiger partial charge in [0.2, 0.25) is 0 Å². The summed E-state index contributed by atoms with van der Waals surface area (Å²) < 4.78 is 0. The molecule has 0 heterocycles. The van der Waals surface area contributed by atoms with Crippen LogP contribution in [0.3, 0.4) is 0 Å². The standard InChI is InChI=1S/C11H14N2O/c12-10-4-2-1-3-9(10)11(14)13-7-8-5-6-8/h1-4,8H,5-7,12H2,(H,13,14). The Hall–Kier alpha value is -1.51. The van der Waals surface area contributed by atoms with Gasteiger partial charge in [-0.05, 0) is 30.9 Å². The van der Waals surface area contributed by atoms with Gasteiger partial charge in [0.25, 0.3) is 5.91 Å². The Balaban J connectivity index is 1.98. The average Bonchev–Trinajstić information content (AvgIpc) is 2.98. The van der Waals surface area contributed by atoms with Gasteiger partial charge in [0.15, 0.2) is 0 Å². The number of nitrogen functional groups attached to an aromatic ring is 1. The van der Waals surface area contributed by atoms with E-state index in [-0.39, 0.29) is 5.91 Å². The van der Waals surface area contributed by atoms with E-state index < -0.39 is 0 Å². The topological polar surface area (TPSA) is 55.1 Å². The normalized spacial score (nSPS) is 15.1. The Kier molecular flexibility index (Phi) is 2.39. The van der Waals surface area contributed by atoms with Gasteiger partial charge < -0.3 is 11.1 Å². The summed E-state index contributed by atoms with van der Waals surface area (Å²) in [5.74, 6) is 0.638. The summed E-state index contributed by atoms with van der Waals surface area (Å²) in [7, 11) is 0. The number of nitrogens with one attached hydrogen (secondary N) is 1. The van der Waals surface area contributed by atoms with Crippen LogP contribution in [-0.2, 0) is 0 Å². The van der Waals surface area contributed by atoms with E-state index in [0.717, 1.165) is 6.54 Å². The van der Waals surface area contributed by atoms with Crippen LogP contribution in [0, 0.1) is 5.92 Å². The van der Waals surface area contributed by atoms with E-state index in [9.17, 15) is 4.79 Å². The maximum absolute atomic E-state index is 11.6. The number of hydrogen-bond donors (Lipinski definition) is 2. The van der Waals surface area contributed by atoms with Gasteiger partial charge in [-0.3, -0.25) is 4.79 Å². The average molecular weight is 190 g/mol. The number of nitrogens with two attached hydrogens (primary N) is 1. The van der Waals surface area contributed by atoms with Gasteiger partial charge in [-0.15, -0.1) is 0 Å². The van der Waals surface area contributed by atoms with E-state index in [1.807, 2.05) is 12.1 Å². The van der Waals surface area contributed by atoms with Crippen molar-refractivity contribution >= 4 is 11.6 Å². The first kappa shape index (κ1) is 9.06. The van der Waals surface area contributed by atoms with E-state index in [1.165, 1.54) is 12.8 Å². The van der Waals surface area contributed by atoms with Crippen LogP contribution in [0.1, 0.15) is 23.2 Å². The van der Waals surface area contributed by atoms with Crippen molar-refractivity contribution in [3.63, 3.8) is 0 Å². The molecule has 0 aromatic heterocycles. The number of carbonyl (C=O) groups excluding carboxylic acids is 1. The van der Waals surface area contributed by atoms with Crippen molar-refractivity contribution < 1.29 is 4.79 Å². The molecule has 2 rings (SSSR count). The fourth-order valence-corrected chi connectivity index (χ4v) is 1.36. The van der Waals surface area contributed by atoms with E-state index in [4.69, 9.17) is 5.73 Å². The molecule has 1 aromatic rings. The van der Waals surface area contributed by atoms with Gasteiger partial charge in [0, 0.05) is 12.2 Å². The molecule has 0 spiro atoms. The maximum Gasteiger partial charge on any atom is 0.253 e. The van der Waals surface area contributed by atoms with Crippen molar-refractivity contribution in [1.82, 2.24) is 5.32 Å². The maximum atomic E-state index is 11.6. The molecule has 1 amide bonds. The second-order valence-electron chi connectivity index (χ2n) is 3.74. The Bertz CT molecular complexity index is 345. The zero-order valence-corrected chi connectivity index (χ0v) is 7.99. The summed E-state index contributed by atoms with van der Waals surface area (Å²) in [6.45, 7) is 0.785. The van der Waals surface area contributed by atoms with Crippen LogP contribution >= 0.6 is 0 Å². The summed E-state index contributed by atoms with van der Waals surface area (Å²) in [4.78, 5) is 11.6. The number of para-hydroxylation sites is 1. The lowest BCUT2D eigenvalue weighted by molar-refractivity contribution is 0.0952. The SMILES string of the molecule is Nc1ccccc1C(=O)NCC1CC1. The lowest BCUT2D eigenvalue weighted by Crippen LogP contribution is -2.26. The van der Waals surface area contributed by atoms with Crippen LogP contribution < -0.4 is 11.1 Å². The highest BCUT2D eigenvalue weighted by Crippen LogP contribution is 2.27. The molecule has 3 nitrogen and oxygen atoms in total. The minimum Gasteiger partial charge on any atom is -0.398 e. The molecule has 3 heteroatoms. The largest absolute Gasteiger partial charge is 0.398 e. The molecular formula is C11H14N2O. The minimum absolute atomic E-state index is 0.0602. The molecule has 3 N–H and O–H groups in total. The molecule has 1 aliphatic rings. The lowest BCUT2D eigenvalue weighted by atomic mass is 10.1. The van der Waals surface area contributed by atoms with Crippen molar-refractivity contribution in [3.8, 4) is 0 Å². The Morgan fingerprint density at radius 3 is 2.79 bits per heavy atom. The molecule has 1 saturated carbocycles. The first-order chi connectivity index (χ1) is 6.77. The zero-order valence-electron chi connectivity index (χ0n) is 7.99. The van der Waals surface area contributed by atoms with E-state index in [2.05, 4.69) is 5.32 Å². The molecule has 0 bridgehead atoms. The Labute approximate surface area is 83.3 Å². The highest BCUT2D eigenvalue weighted by Gasteiger charge is 2.22. The second-order valence-corrected chi connectivity index (χ2v) is 3.74. The molecule has 1 fully saturated rings. The van der Waals surface area contributed by atoms with Gasteiger partial charge in [0.05, 0.1) is 5.56 Å². The summed E-state index contributed by atoms with van der Waals surface area (Å²) in [5.41, 5.74) is 6.80. The van der Waals surface area contributed by atoms with E-state index in [0.29, 0.717) is 17.2 Å². The Morgan fingerprint density at radius 1 is 1.43 bits per heavy atom. The number of amides is 1. The third-order valence-electron chi connectivity index (χ3n) is 2.45. The minimum atomic E-state index is -0.0602. The number of rotatable bonds is 3. The first-order valence-electron chi connectivity index (χ1n) is 4.90. The molecule has 74 valence electrons. The fraction of sp³-hybridized carbons (Fsp3) is 0.364. The zero-order chi connectivity index (χ0) is 9.97. The van der Waals surface area contributed by atoms with Crippen LogP contribution in [0.4, 0.5) is 5.69 Å². The monoisotopic (exact) mass is 190 g/mol. The highest BCUT2D eigenvalue weighted by atomic mass is 16.1. The van der Waals surface area contributed by atoms with Gasteiger partial charge in [-0.1, -0.05) is 12.1 Å². The summed E-state index contributed by atoms with van der Waals surface area (Å²) in [5, 5.41) is 2.88. The number of carbonyl (C=O) groups is 1. The molecule has 1 aromatic carbocycles. The van der Waals surface area contributed by atoms with Crippen molar-refractivity contribution in [3.05, 3.63) is 29.8 Å². The smallest absolute Gasteiger partial charge is 0.253 e. The third kappa shape index (κ3) is 2.05. The summed E-state index contributed by atoms with van der Waals surface area (Å²) >= 11 is 0. The molecule has 1 aliphatic carbocycles. The van der Waals surface area contributed by atoms with E-state index in [1.54, 1.807) is 12.1 Å². The van der Waals surface area contributed by atoms with Crippen LogP contribution in [0.2, 0.25) is 0 Å². The molecule has 0 unspecified atom stereocenters. The lowest BCUT2D eigenvalue weighted by Gasteiger charge is -2.05. The molecule has 0 saturated heterocycles. The number of anilines is 1. The Morgan fingerprint density at radius 2 is 2.14 bits per heavy atom. The second kappa shape index (κ2) is 3.70. The molecular weight excluding hydrogens is 176 g/mol. The van der Waals surface area contributed by atoms with Gasteiger partial charge in [-0.2, -0.15) is 0 Å². The molecule has 0 aliphatic heterocycles. The van der Waals surface area contributed by atoms with E-state index >= 15 is 0 Å².